The average molecular weight is 431 g/mol. The molecule has 2 aliphatic carbocycles. The molecule has 2 bridgehead atoms. The van der Waals surface area contributed by atoms with Gasteiger partial charge in [0.2, 0.25) is 0 Å². The van der Waals surface area contributed by atoms with Crippen LogP contribution in [0.2, 0.25) is 0 Å². The second-order valence-electron chi connectivity index (χ2n) is 10.9. The van der Waals surface area contributed by atoms with E-state index in [-0.39, 0.29) is 36.3 Å². The molecule has 0 radical (unpaired) electrons. The third-order valence-corrected chi connectivity index (χ3v) is 8.66. The summed E-state index contributed by atoms with van der Waals surface area (Å²) in [7, 11) is 0. The van der Waals surface area contributed by atoms with E-state index in [1.54, 1.807) is 0 Å². The van der Waals surface area contributed by atoms with Crippen molar-refractivity contribution in [1.82, 2.24) is 0 Å². The highest BCUT2D eigenvalue weighted by Crippen LogP contribution is 2.67. The molecular formula is C25H34O6. The minimum Gasteiger partial charge on any atom is -0.462 e. The van der Waals surface area contributed by atoms with Gasteiger partial charge in [-0.25, -0.2) is 4.79 Å². The number of carbonyl (C=O) groups excluding carboxylic acids is 2. The summed E-state index contributed by atoms with van der Waals surface area (Å²) < 4.78 is 11.0. The van der Waals surface area contributed by atoms with E-state index >= 15 is 0 Å². The molecule has 2 heterocycles. The van der Waals surface area contributed by atoms with Crippen LogP contribution in [-0.4, -0.2) is 46.6 Å². The number of esters is 2. The molecule has 0 aromatic carbocycles. The van der Waals surface area contributed by atoms with Crippen molar-refractivity contribution in [2.75, 3.05) is 6.61 Å². The number of carbonyl (C=O) groups is 2. The van der Waals surface area contributed by atoms with Crippen LogP contribution >= 0.6 is 0 Å². The first-order chi connectivity index (χ1) is 14.4. The molecule has 2 fully saturated rings. The highest BCUT2D eigenvalue weighted by Gasteiger charge is 2.72. The number of hydrogen-bond donors (Lipinski definition) is 2. The fraction of sp³-hybridized carbons (Fsp3) is 0.760. The number of rotatable bonds is 3. The molecule has 170 valence electrons. The number of aliphatic hydroxyl groups excluding tert-OH is 1. The van der Waals surface area contributed by atoms with E-state index < -0.39 is 28.6 Å². The van der Waals surface area contributed by atoms with Gasteiger partial charge in [-0.05, 0) is 43.6 Å². The average Bonchev–Trinajstić information content (AvgIpc) is 3.12. The van der Waals surface area contributed by atoms with Crippen molar-refractivity contribution in [2.24, 2.45) is 22.2 Å². The minimum absolute atomic E-state index is 0.221. The Labute approximate surface area is 184 Å². The lowest BCUT2D eigenvalue weighted by Crippen LogP contribution is -2.74. The fourth-order valence-corrected chi connectivity index (χ4v) is 7.05. The zero-order chi connectivity index (χ0) is 22.7. The molecule has 2 aliphatic heterocycles. The molecule has 0 saturated heterocycles. The number of fused-ring (bicyclic) bond motifs is 4. The van der Waals surface area contributed by atoms with Crippen LogP contribution in [-0.2, 0) is 19.1 Å². The molecule has 0 aromatic rings. The van der Waals surface area contributed by atoms with E-state index in [1.807, 2.05) is 13.8 Å². The summed E-state index contributed by atoms with van der Waals surface area (Å²) in [6.07, 6.45) is 3.55. The molecule has 0 spiro atoms. The lowest BCUT2D eigenvalue weighted by molar-refractivity contribution is -0.295. The van der Waals surface area contributed by atoms with Crippen LogP contribution in [0.3, 0.4) is 0 Å². The van der Waals surface area contributed by atoms with Gasteiger partial charge in [0.15, 0.2) is 0 Å². The van der Waals surface area contributed by atoms with E-state index in [0.29, 0.717) is 32.1 Å². The monoisotopic (exact) mass is 430 g/mol. The van der Waals surface area contributed by atoms with Gasteiger partial charge in [-0.2, -0.15) is 0 Å². The first-order valence-corrected chi connectivity index (χ1v) is 11.4. The standard InChI is InChI=1S/C25H34O6/c1-22(2)11-9-18(26)24(4)21(22)17-14-23(3,10-6-5-7-19(27)31-17)25(24,29)12-8-16-13-20(28)30-15-16/h13,17-18,21,26,29H,5,7-9,11-12,14-15H2,1-4H3/t17-,18-,21+,23+,24+,25-/m1/s1. The van der Waals surface area contributed by atoms with Gasteiger partial charge in [0.05, 0.1) is 23.5 Å². The highest BCUT2D eigenvalue weighted by molar-refractivity contribution is 5.85. The van der Waals surface area contributed by atoms with E-state index in [0.717, 1.165) is 12.0 Å². The largest absolute Gasteiger partial charge is 0.462 e. The lowest BCUT2D eigenvalue weighted by atomic mass is 9.39. The van der Waals surface area contributed by atoms with Gasteiger partial charge in [-0.1, -0.05) is 26.7 Å². The molecule has 2 saturated carbocycles. The third kappa shape index (κ3) is 3.32. The van der Waals surface area contributed by atoms with E-state index in [9.17, 15) is 19.8 Å². The summed E-state index contributed by atoms with van der Waals surface area (Å²) in [5, 5.41) is 23.9. The first kappa shape index (κ1) is 22.4. The Morgan fingerprint density at radius 1 is 1.23 bits per heavy atom. The zero-order valence-electron chi connectivity index (χ0n) is 19.0. The summed E-state index contributed by atoms with van der Waals surface area (Å²) >= 11 is 0. The molecule has 4 aliphatic rings. The van der Waals surface area contributed by atoms with Crippen molar-refractivity contribution in [3.63, 3.8) is 0 Å². The van der Waals surface area contributed by atoms with Gasteiger partial charge in [0.25, 0.3) is 0 Å². The van der Waals surface area contributed by atoms with Gasteiger partial charge in [0.1, 0.15) is 12.7 Å². The third-order valence-electron chi connectivity index (χ3n) is 8.66. The molecule has 2 N–H and O–H groups in total. The van der Waals surface area contributed by atoms with E-state index in [4.69, 9.17) is 9.47 Å². The van der Waals surface area contributed by atoms with Crippen molar-refractivity contribution < 1.29 is 29.3 Å². The Balaban J connectivity index is 1.84. The number of hydrogen-bond acceptors (Lipinski definition) is 6. The second-order valence-corrected chi connectivity index (χ2v) is 10.9. The summed E-state index contributed by atoms with van der Waals surface area (Å²) in [5.74, 6) is 5.58. The van der Waals surface area contributed by atoms with Crippen LogP contribution < -0.4 is 0 Å². The summed E-state index contributed by atoms with van der Waals surface area (Å²) in [4.78, 5) is 24.0. The highest BCUT2D eigenvalue weighted by atomic mass is 16.5. The second kappa shape index (κ2) is 7.35. The van der Waals surface area contributed by atoms with Crippen LogP contribution in [0.25, 0.3) is 0 Å². The van der Waals surface area contributed by atoms with Crippen LogP contribution in [0.5, 0.6) is 0 Å². The quantitative estimate of drug-likeness (QED) is 0.528. The summed E-state index contributed by atoms with van der Waals surface area (Å²) in [6, 6.07) is 0. The zero-order valence-corrected chi connectivity index (χ0v) is 19.0. The number of aliphatic hydroxyl groups is 2. The number of ether oxygens (including phenoxy) is 2. The summed E-state index contributed by atoms with van der Waals surface area (Å²) in [6.45, 7) is 8.41. The number of cyclic esters (lactones) is 1. The maximum absolute atomic E-state index is 12.5. The van der Waals surface area contributed by atoms with Crippen molar-refractivity contribution in [1.29, 1.82) is 0 Å². The van der Waals surface area contributed by atoms with Gasteiger partial charge in [-0.15, -0.1) is 5.92 Å². The fourth-order valence-electron chi connectivity index (χ4n) is 7.05. The van der Waals surface area contributed by atoms with Crippen molar-refractivity contribution in [3.05, 3.63) is 11.6 Å². The smallest absolute Gasteiger partial charge is 0.331 e. The van der Waals surface area contributed by atoms with Crippen LogP contribution in [0.4, 0.5) is 0 Å². The molecule has 6 atom stereocenters. The van der Waals surface area contributed by atoms with Crippen LogP contribution in [0.1, 0.15) is 72.6 Å². The van der Waals surface area contributed by atoms with Gasteiger partial charge >= 0.3 is 11.9 Å². The Hall–Kier alpha value is -1.84. The molecule has 6 nitrogen and oxygen atoms in total. The SMILES string of the molecule is CC1(C)CC[C@@H](O)[C@@]2(C)[C@H]1[C@H]1C[C@](C)(C#CCCC(=O)O1)[C@]2(O)CCC1=CC(=O)OC1. The Morgan fingerprint density at radius 3 is 2.65 bits per heavy atom. The van der Waals surface area contributed by atoms with Crippen LogP contribution in [0.15, 0.2) is 11.6 Å². The molecular weight excluding hydrogens is 396 g/mol. The maximum Gasteiger partial charge on any atom is 0.331 e. The predicted octanol–water partition coefficient (Wildman–Crippen LogP) is 2.90. The molecule has 31 heavy (non-hydrogen) atoms. The topological polar surface area (TPSA) is 93.1 Å². The molecule has 0 amide bonds. The Morgan fingerprint density at radius 2 is 1.97 bits per heavy atom. The maximum atomic E-state index is 12.5. The van der Waals surface area contributed by atoms with Gasteiger partial charge in [0, 0.05) is 30.3 Å². The first-order valence-electron chi connectivity index (χ1n) is 11.4. The lowest BCUT2D eigenvalue weighted by Gasteiger charge is -2.68. The molecule has 0 aromatic heterocycles. The Kier molecular flexibility index (Phi) is 5.30. The minimum atomic E-state index is -1.34. The molecule has 6 heteroatoms. The Bertz CT molecular complexity index is 878. The van der Waals surface area contributed by atoms with Crippen molar-refractivity contribution in [3.8, 4) is 11.8 Å². The van der Waals surface area contributed by atoms with E-state index in [1.165, 1.54) is 6.08 Å². The van der Waals surface area contributed by atoms with Crippen molar-refractivity contribution >= 4 is 11.9 Å². The van der Waals surface area contributed by atoms with Crippen LogP contribution in [0, 0.1) is 34.0 Å². The summed E-state index contributed by atoms with van der Waals surface area (Å²) in [5.41, 5.74) is -2.53. The van der Waals surface area contributed by atoms with Gasteiger partial charge in [-0.3, -0.25) is 4.79 Å². The van der Waals surface area contributed by atoms with Crippen molar-refractivity contribution in [2.45, 2.75) is 90.4 Å². The predicted molar refractivity (Wildman–Crippen MR) is 113 cm³/mol. The van der Waals surface area contributed by atoms with Gasteiger partial charge < -0.3 is 19.7 Å². The normalized spacial score (nSPS) is 43.8. The molecule has 4 rings (SSSR count). The molecule has 0 unspecified atom stereocenters. The van der Waals surface area contributed by atoms with E-state index in [2.05, 4.69) is 25.7 Å².